The van der Waals surface area contributed by atoms with Crippen LogP contribution in [0.15, 0.2) is 69.9 Å². The number of aromatic nitrogens is 1. The van der Waals surface area contributed by atoms with Crippen molar-refractivity contribution in [2.45, 2.75) is 6.42 Å². The molecule has 0 saturated carbocycles. The normalized spacial score (nSPS) is 10.5. The predicted octanol–water partition coefficient (Wildman–Crippen LogP) is 2.87. The molecule has 0 unspecified atom stereocenters. The third kappa shape index (κ3) is 3.17. The van der Waals surface area contributed by atoms with Crippen LogP contribution in [0.5, 0.6) is 0 Å². The van der Waals surface area contributed by atoms with Gasteiger partial charge in [0.15, 0.2) is 0 Å². The van der Waals surface area contributed by atoms with Gasteiger partial charge in [0.2, 0.25) is 0 Å². The molecule has 4 heteroatoms. The minimum atomic E-state index is -0.401. The topological polar surface area (TPSA) is 69.1 Å². The van der Waals surface area contributed by atoms with Crippen LogP contribution in [0.2, 0.25) is 0 Å². The summed E-state index contributed by atoms with van der Waals surface area (Å²) in [6.07, 6.45) is 0.819. The van der Waals surface area contributed by atoms with Crippen LogP contribution in [0.4, 0.5) is 6.01 Å². The number of hydrogen-bond donors (Lipinski definition) is 1. The molecule has 0 radical (unpaired) electrons. The van der Waals surface area contributed by atoms with Gasteiger partial charge in [-0.25, -0.2) is 0 Å². The first kappa shape index (κ1) is 13.1. The highest BCUT2D eigenvalue weighted by molar-refractivity contribution is 5.58. The Bertz CT molecular complexity index is 810. The Kier molecular flexibility index (Phi) is 3.51. The lowest BCUT2D eigenvalue weighted by molar-refractivity contribution is 0.564. The van der Waals surface area contributed by atoms with Crippen LogP contribution in [-0.4, -0.2) is 4.98 Å². The van der Waals surface area contributed by atoms with E-state index in [1.165, 1.54) is 11.6 Å². The maximum atomic E-state index is 11.4. The van der Waals surface area contributed by atoms with Crippen molar-refractivity contribution in [3.8, 4) is 11.3 Å². The van der Waals surface area contributed by atoms with Crippen molar-refractivity contribution in [1.29, 1.82) is 0 Å². The van der Waals surface area contributed by atoms with Gasteiger partial charge in [-0.05, 0) is 23.6 Å². The molecule has 3 aromatic rings. The molecule has 0 saturated heterocycles. The molecule has 0 amide bonds. The predicted molar refractivity (Wildman–Crippen MR) is 81.9 cm³/mol. The molecular formula is C17H14N2O2. The number of rotatable bonds is 3. The van der Waals surface area contributed by atoms with E-state index in [9.17, 15) is 4.79 Å². The van der Waals surface area contributed by atoms with Gasteiger partial charge in [0, 0.05) is 11.6 Å². The second-order valence-electron chi connectivity index (χ2n) is 4.76. The monoisotopic (exact) mass is 278 g/mol. The van der Waals surface area contributed by atoms with Crippen LogP contribution in [-0.2, 0) is 6.42 Å². The van der Waals surface area contributed by atoms with Crippen molar-refractivity contribution < 1.29 is 4.42 Å². The molecule has 2 aromatic carbocycles. The van der Waals surface area contributed by atoms with E-state index in [-0.39, 0.29) is 6.01 Å². The van der Waals surface area contributed by atoms with Crippen molar-refractivity contribution >= 4 is 6.01 Å². The SMILES string of the molecule is Nc1nc(=O)cc(-c2cccc(Cc3ccccc3)c2)o1. The molecule has 104 valence electrons. The molecule has 0 fully saturated rings. The molecule has 0 aliphatic rings. The van der Waals surface area contributed by atoms with Crippen LogP contribution in [0.25, 0.3) is 11.3 Å². The average molecular weight is 278 g/mol. The minimum Gasteiger partial charge on any atom is -0.425 e. The second-order valence-corrected chi connectivity index (χ2v) is 4.76. The highest BCUT2D eigenvalue weighted by Gasteiger charge is 2.05. The van der Waals surface area contributed by atoms with Crippen LogP contribution < -0.4 is 11.3 Å². The van der Waals surface area contributed by atoms with E-state index in [0.29, 0.717) is 5.76 Å². The summed E-state index contributed by atoms with van der Waals surface area (Å²) in [5.74, 6) is 0.433. The van der Waals surface area contributed by atoms with Gasteiger partial charge in [-0.15, -0.1) is 0 Å². The van der Waals surface area contributed by atoms with E-state index in [4.69, 9.17) is 10.2 Å². The lowest BCUT2D eigenvalue weighted by Gasteiger charge is -2.05. The standard InChI is InChI=1S/C17H14N2O2/c18-17-19-16(20)11-15(21-17)14-8-4-7-13(10-14)9-12-5-2-1-3-6-12/h1-8,10-11H,9H2,(H2,18,19,20). The minimum absolute atomic E-state index is 0.119. The van der Waals surface area contributed by atoms with Gasteiger partial charge in [-0.1, -0.05) is 48.5 Å². The number of nitrogens with zero attached hydrogens (tertiary/aromatic N) is 1. The molecule has 21 heavy (non-hydrogen) atoms. The fourth-order valence-corrected chi connectivity index (χ4v) is 2.23. The zero-order chi connectivity index (χ0) is 14.7. The van der Waals surface area contributed by atoms with E-state index in [1.54, 1.807) is 0 Å². The van der Waals surface area contributed by atoms with E-state index in [0.717, 1.165) is 17.5 Å². The first-order valence-corrected chi connectivity index (χ1v) is 6.61. The maximum Gasteiger partial charge on any atom is 0.295 e. The first-order valence-electron chi connectivity index (χ1n) is 6.61. The number of hydrogen-bond acceptors (Lipinski definition) is 4. The summed E-state index contributed by atoms with van der Waals surface area (Å²) in [6.45, 7) is 0. The highest BCUT2D eigenvalue weighted by Crippen LogP contribution is 2.21. The largest absolute Gasteiger partial charge is 0.425 e. The van der Waals surface area contributed by atoms with Crippen LogP contribution in [0.1, 0.15) is 11.1 Å². The molecule has 0 aliphatic heterocycles. The summed E-state index contributed by atoms with van der Waals surface area (Å²) in [5, 5.41) is 0. The Labute approximate surface area is 121 Å². The van der Waals surface area contributed by atoms with Crippen molar-refractivity contribution in [3.63, 3.8) is 0 Å². The van der Waals surface area contributed by atoms with E-state index >= 15 is 0 Å². The zero-order valence-electron chi connectivity index (χ0n) is 11.3. The second kappa shape index (κ2) is 5.63. The molecule has 0 bridgehead atoms. The fourth-order valence-electron chi connectivity index (χ4n) is 2.23. The molecule has 2 N–H and O–H groups in total. The van der Waals surface area contributed by atoms with E-state index in [1.807, 2.05) is 42.5 Å². The van der Waals surface area contributed by atoms with E-state index < -0.39 is 5.56 Å². The molecule has 4 nitrogen and oxygen atoms in total. The van der Waals surface area contributed by atoms with E-state index in [2.05, 4.69) is 17.1 Å². The fraction of sp³-hybridized carbons (Fsp3) is 0.0588. The number of nitrogens with two attached hydrogens (primary N) is 1. The van der Waals surface area contributed by atoms with Gasteiger partial charge in [0.1, 0.15) is 5.76 Å². The van der Waals surface area contributed by atoms with Crippen molar-refractivity contribution in [2.24, 2.45) is 0 Å². The summed E-state index contributed by atoms with van der Waals surface area (Å²) in [7, 11) is 0. The molecule has 1 aromatic heterocycles. The van der Waals surface area contributed by atoms with Gasteiger partial charge in [0.05, 0.1) is 0 Å². The molecule has 0 aliphatic carbocycles. The van der Waals surface area contributed by atoms with Gasteiger partial charge in [-0.2, -0.15) is 4.98 Å². The van der Waals surface area contributed by atoms with Gasteiger partial charge in [0.25, 0.3) is 11.6 Å². The number of benzene rings is 2. The maximum absolute atomic E-state index is 11.4. The lowest BCUT2D eigenvalue weighted by Crippen LogP contribution is -2.07. The Balaban J connectivity index is 1.94. The van der Waals surface area contributed by atoms with Crippen molar-refractivity contribution in [1.82, 2.24) is 4.98 Å². The summed E-state index contributed by atoms with van der Waals surface area (Å²) in [6, 6.07) is 19.3. The average Bonchev–Trinajstić information content (AvgIpc) is 2.47. The van der Waals surface area contributed by atoms with Crippen LogP contribution >= 0.6 is 0 Å². The zero-order valence-corrected chi connectivity index (χ0v) is 11.3. The smallest absolute Gasteiger partial charge is 0.295 e. The van der Waals surface area contributed by atoms with Crippen LogP contribution in [0.3, 0.4) is 0 Å². The molecule has 3 rings (SSSR count). The summed E-state index contributed by atoms with van der Waals surface area (Å²) in [5.41, 5.74) is 8.26. The van der Waals surface area contributed by atoms with Gasteiger partial charge >= 0.3 is 0 Å². The third-order valence-electron chi connectivity index (χ3n) is 3.15. The molecule has 1 heterocycles. The van der Waals surface area contributed by atoms with Crippen LogP contribution in [0, 0.1) is 0 Å². The third-order valence-corrected chi connectivity index (χ3v) is 3.15. The Morgan fingerprint density at radius 3 is 2.48 bits per heavy atom. The molecule has 0 atom stereocenters. The number of anilines is 1. The summed E-state index contributed by atoms with van der Waals surface area (Å²) in [4.78, 5) is 14.9. The Hall–Kier alpha value is -2.88. The summed E-state index contributed by atoms with van der Waals surface area (Å²) < 4.78 is 5.32. The van der Waals surface area contributed by atoms with Gasteiger partial charge in [-0.3, -0.25) is 4.79 Å². The lowest BCUT2D eigenvalue weighted by atomic mass is 10.0. The molecule has 0 spiro atoms. The first-order chi connectivity index (χ1) is 10.2. The quantitative estimate of drug-likeness (QED) is 0.799. The van der Waals surface area contributed by atoms with Crippen molar-refractivity contribution in [3.05, 3.63) is 82.1 Å². The van der Waals surface area contributed by atoms with Gasteiger partial charge < -0.3 is 10.2 Å². The highest BCUT2D eigenvalue weighted by atomic mass is 16.4. The summed E-state index contributed by atoms with van der Waals surface area (Å²) >= 11 is 0. The molecular weight excluding hydrogens is 264 g/mol. The number of nitrogen functional groups attached to an aromatic ring is 1. The van der Waals surface area contributed by atoms with Crippen molar-refractivity contribution in [2.75, 3.05) is 5.73 Å². The Morgan fingerprint density at radius 2 is 1.71 bits per heavy atom. The Morgan fingerprint density at radius 1 is 0.952 bits per heavy atom.